The highest BCUT2D eigenvalue weighted by molar-refractivity contribution is 7.89. The number of hydrogen-bond donors (Lipinski definition) is 1. The Hall–Kier alpha value is -1.44. The third-order valence-corrected chi connectivity index (χ3v) is 5.73. The Bertz CT molecular complexity index is 581. The van der Waals surface area contributed by atoms with Crippen molar-refractivity contribution in [2.75, 3.05) is 45.0 Å². The standard InChI is InChI=1S/C15H23N3O3S/c1-2-17-9-11-18(12-10-17)22(20,21)13-8-16-15(19)14-6-4-3-5-7-14/h3-7H,2,8-13H2,1H3,(H,16,19). The molecule has 6 nitrogen and oxygen atoms in total. The third-order valence-electron chi connectivity index (χ3n) is 3.85. The SMILES string of the molecule is CCN1CCN(S(=O)(=O)CCNC(=O)c2ccccc2)CC1. The number of piperazine rings is 1. The van der Waals surface area contributed by atoms with E-state index in [-0.39, 0.29) is 18.2 Å². The van der Waals surface area contributed by atoms with Crippen molar-refractivity contribution in [2.45, 2.75) is 6.92 Å². The van der Waals surface area contributed by atoms with E-state index in [9.17, 15) is 13.2 Å². The summed E-state index contributed by atoms with van der Waals surface area (Å²) in [5.41, 5.74) is 0.538. The number of carbonyl (C=O) groups is 1. The number of benzene rings is 1. The normalized spacial score (nSPS) is 17.3. The number of sulfonamides is 1. The van der Waals surface area contributed by atoms with E-state index < -0.39 is 10.0 Å². The van der Waals surface area contributed by atoms with Gasteiger partial charge in [-0.15, -0.1) is 0 Å². The van der Waals surface area contributed by atoms with E-state index in [2.05, 4.69) is 17.1 Å². The van der Waals surface area contributed by atoms with Gasteiger partial charge in [0.25, 0.3) is 5.91 Å². The highest BCUT2D eigenvalue weighted by Crippen LogP contribution is 2.07. The molecule has 1 fully saturated rings. The largest absolute Gasteiger partial charge is 0.351 e. The van der Waals surface area contributed by atoms with Crippen LogP contribution in [0.3, 0.4) is 0 Å². The fourth-order valence-corrected chi connectivity index (χ4v) is 3.78. The first kappa shape index (κ1) is 16.9. The summed E-state index contributed by atoms with van der Waals surface area (Å²) in [5.74, 6) is -0.302. The molecule has 1 amide bonds. The van der Waals surface area contributed by atoms with Crippen LogP contribution in [0.4, 0.5) is 0 Å². The van der Waals surface area contributed by atoms with Crippen molar-refractivity contribution in [1.29, 1.82) is 0 Å². The van der Waals surface area contributed by atoms with Crippen LogP contribution in [0.15, 0.2) is 30.3 Å². The van der Waals surface area contributed by atoms with Crippen LogP contribution < -0.4 is 5.32 Å². The average Bonchev–Trinajstić information content (AvgIpc) is 2.55. The molecule has 2 rings (SSSR count). The van der Waals surface area contributed by atoms with Crippen molar-refractivity contribution in [2.24, 2.45) is 0 Å². The number of likely N-dealkylation sites (N-methyl/N-ethyl adjacent to an activating group) is 1. The second kappa shape index (κ2) is 7.71. The number of nitrogens with zero attached hydrogens (tertiary/aromatic N) is 2. The summed E-state index contributed by atoms with van der Waals surface area (Å²) >= 11 is 0. The summed E-state index contributed by atoms with van der Waals surface area (Å²) in [6, 6.07) is 8.79. The van der Waals surface area contributed by atoms with Crippen molar-refractivity contribution in [3.63, 3.8) is 0 Å². The molecule has 0 spiro atoms. The molecule has 1 aliphatic heterocycles. The Balaban J connectivity index is 1.79. The smallest absolute Gasteiger partial charge is 0.251 e. The number of rotatable bonds is 6. The molecule has 0 radical (unpaired) electrons. The second-order valence-electron chi connectivity index (χ2n) is 5.27. The van der Waals surface area contributed by atoms with Crippen LogP contribution in [0.2, 0.25) is 0 Å². The molecule has 1 aromatic carbocycles. The van der Waals surface area contributed by atoms with E-state index in [0.717, 1.165) is 19.6 Å². The summed E-state index contributed by atoms with van der Waals surface area (Å²) in [7, 11) is -3.30. The van der Waals surface area contributed by atoms with Crippen LogP contribution in [-0.2, 0) is 10.0 Å². The minimum Gasteiger partial charge on any atom is -0.351 e. The maximum absolute atomic E-state index is 12.3. The molecule has 122 valence electrons. The van der Waals surface area contributed by atoms with E-state index >= 15 is 0 Å². The third kappa shape index (κ3) is 4.53. The van der Waals surface area contributed by atoms with Crippen LogP contribution in [0, 0.1) is 0 Å². The zero-order chi connectivity index (χ0) is 16.0. The number of carbonyl (C=O) groups excluding carboxylic acids is 1. The van der Waals surface area contributed by atoms with Gasteiger partial charge in [0.1, 0.15) is 0 Å². The fraction of sp³-hybridized carbons (Fsp3) is 0.533. The van der Waals surface area contributed by atoms with Gasteiger partial charge < -0.3 is 10.2 Å². The van der Waals surface area contributed by atoms with Crippen molar-refractivity contribution >= 4 is 15.9 Å². The fourth-order valence-electron chi connectivity index (χ4n) is 2.44. The van der Waals surface area contributed by atoms with E-state index in [4.69, 9.17) is 0 Å². The van der Waals surface area contributed by atoms with E-state index in [0.29, 0.717) is 18.7 Å². The number of nitrogens with one attached hydrogen (secondary N) is 1. The topological polar surface area (TPSA) is 69.7 Å². The first-order valence-electron chi connectivity index (χ1n) is 7.56. The molecule has 22 heavy (non-hydrogen) atoms. The van der Waals surface area contributed by atoms with Crippen LogP contribution in [0.5, 0.6) is 0 Å². The minimum absolute atomic E-state index is 0.0578. The molecule has 0 saturated carbocycles. The monoisotopic (exact) mass is 325 g/mol. The van der Waals surface area contributed by atoms with Crippen molar-refractivity contribution < 1.29 is 13.2 Å². The first-order valence-corrected chi connectivity index (χ1v) is 9.17. The lowest BCUT2D eigenvalue weighted by atomic mass is 10.2. The summed E-state index contributed by atoms with van der Waals surface area (Å²) in [6.07, 6.45) is 0. The zero-order valence-corrected chi connectivity index (χ0v) is 13.7. The Kier molecular flexibility index (Phi) is 5.93. The molecule has 0 aliphatic carbocycles. The van der Waals surface area contributed by atoms with Gasteiger partial charge in [0.05, 0.1) is 5.75 Å². The summed E-state index contributed by atoms with van der Waals surface area (Å²) in [5, 5.41) is 2.66. The maximum Gasteiger partial charge on any atom is 0.251 e. The Morgan fingerprint density at radius 2 is 1.77 bits per heavy atom. The molecule has 1 N–H and O–H groups in total. The van der Waals surface area contributed by atoms with Gasteiger partial charge in [0.2, 0.25) is 10.0 Å². The molecule has 0 atom stereocenters. The predicted octanol–water partition coefficient (Wildman–Crippen LogP) is 0.384. The van der Waals surface area contributed by atoms with Gasteiger partial charge in [-0.2, -0.15) is 4.31 Å². The van der Waals surface area contributed by atoms with E-state index in [1.54, 1.807) is 24.3 Å². The Morgan fingerprint density at radius 1 is 1.14 bits per heavy atom. The molecule has 0 aromatic heterocycles. The molecular weight excluding hydrogens is 302 g/mol. The highest BCUT2D eigenvalue weighted by atomic mass is 32.2. The van der Waals surface area contributed by atoms with Gasteiger partial charge in [-0.1, -0.05) is 25.1 Å². The molecule has 7 heteroatoms. The quantitative estimate of drug-likeness (QED) is 0.821. The predicted molar refractivity (Wildman–Crippen MR) is 86.2 cm³/mol. The van der Waals surface area contributed by atoms with Gasteiger partial charge >= 0.3 is 0 Å². The molecule has 1 aromatic rings. The molecular formula is C15H23N3O3S. The van der Waals surface area contributed by atoms with Crippen LogP contribution >= 0.6 is 0 Å². The van der Waals surface area contributed by atoms with Crippen molar-refractivity contribution in [1.82, 2.24) is 14.5 Å². The number of hydrogen-bond acceptors (Lipinski definition) is 4. The summed E-state index contributed by atoms with van der Waals surface area (Å²) in [4.78, 5) is 14.1. The Labute approximate surface area is 132 Å². The van der Waals surface area contributed by atoms with Crippen LogP contribution in [0.1, 0.15) is 17.3 Å². The van der Waals surface area contributed by atoms with Crippen LogP contribution in [0.25, 0.3) is 0 Å². The van der Waals surface area contributed by atoms with Crippen molar-refractivity contribution in [3.05, 3.63) is 35.9 Å². The lowest BCUT2D eigenvalue weighted by Crippen LogP contribution is -2.49. The van der Waals surface area contributed by atoms with E-state index in [1.165, 1.54) is 4.31 Å². The molecule has 0 bridgehead atoms. The molecule has 1 saturated heterocycles. The van der Waals surface area contributed by atoms with Gasteiger partial charge in [-0.3, -0.25) is 4.79 Å². The number of amides is 1. The van der Waals surface area contributed by atoms with Gasteiger partial charge in [-0.05, 0) is 18.7 Å². The minimum atomic E-state index is -3.30. The van der Waals surface area contributed by atoms with E-state index in [1.807, 2.05) is 6.07 Å². The molecule has 0 unspecified atom stereocenters. The van der Waals surface area contributed by atoms with Gasteiger partial charge in [0, 0.05) is 38.3 Å². The Morgan fingerprint density at radius 3 is 2.36 bits per heavy atom. The van der Waals surface area contributed by atoms with Gasteiger partial charge in [0.15, 0.2) is 0 Å². The highest BCUT2D eigenvalue weighted by Gasteiger charge is 2.26. The van der Waals surface area contributed by atoms with Crippen LogP contribution in [-0.4, -0.2) is 68.6 Å². The molecule has 1 aliphatic rings. The average molecular weight is 325 g/mol. The first-order chi connectivity index (χ1) is 10.5. The lowest BCUT2D eigenvalue weighted by molar-refractivity contribution is 0.0956. The zero-order valence-electron chi connectivity index (χ0n) is 12.9. The van der Waals surface area contributed by atoms with Crippen molar-refractivity contribution in [3.8, 4) is 0 Å². The summed E-state index contributed by atoms with van der Waals surface area (Å²) < 4.78 is 26.0. The molecule has 1 heterocycles. The lowest BCUT2D eigenvalue weighted by Gasteiger charge is -2.33. The second-order valence-corrected chi connectivity index (χ2v) is 7.36. The summed E-state index contributed by atoms with van der Waals surface area (Å²) in [6.45, 7) is 5.75. The van der Waals surface area contributed by atoms with Gasteiger partial charge in [-0.25, -0.2) is 8.42 Å². The maximum atomic E-state index is 12.3.